The molecule has 10 unspecified atom stereocenters. The van der Waals surface area contributed by atoms with Crippen LogP contribution in [0.25, 0.3) is 0 Å². The Labute approximate surface area is 267 Å². The highest BCUT2D eigenvalue weighted by atomic mass is 31.2. The topological polar surface area (TPSA) is 225 Å². The van der Waals surface area contributed by atoms with Crippen molar-refractivity contribution in [2.24, 2.45) is 0 Å². The van der Waals surface area contributed by atoms with Gasteiger partial charge in [0.05, 0.1) is 19.8 Å². The minimum atomic E-state index is -4.87. The summed E-state index contributed by atoms with van der Waals surface area (Å²) >= 11 is 0. The van der Waals surface area contributed by atoms with Crippen LogP contribution in [-0.2, 0) is 27.6 Å². The van der Waals surface area contributed by atoms with Crippen LogP contribution in [-0.4, -0.2) is 121 Å². The molecule has 2 saturated heterocycles. The summed E-state index contributed by atoms with van der Waals surface area (Å²) in [6.07, 6.45) is 2.31. The summed E-state index contributed by atoms with van der Waals surface area (Å²) < 4.78 is 41.6. The zero-order valence-electron chi connectivity index (χ0n) is 27.1. The molecule has 8 N–H and O–H groups in total. The lowest BCUT2D eigenvalue weighted by Gasteiger charge is -2.36. The Balaban J connectivity index is 1.94. The zero-order chi connectivity index (χ0) is 33.7. The molecule has 15 heteroatoms. The highest BCUT2D eigenvalue weighted by molar-refractivity contribution is 7.48. The van der Waals surface area contributed by atoms with Crippen LogP contribution in [0.5, 0.6) is 0 Å². The van der Waals surface area contributed by atoms with Crippen LogP contribution in [0.15, 0.2) is 0 Å². The predicted octanol–water partition coefficient (Wildman–Crippen LogP) is 2.01. The van der Waals surface area contributed by atoms with Crippen molar-refractivity contribution in [3.05, 3.63) is 0 Å². The molecule has 45 heavy (non-hydrogen) atoms. The molecule has 0 aliphatic carbocycles. The van der Waals surface area contributed by atoms with Gasteiger partial charge in [-0.15, -0.1) is 0 Å². The Morgan fingerprint density at radius 2 is 0.978 bits per heavy atom. The monoisotopic (exact) mass is 674 g/mol. The van der Waals surface area contributed by atoms with Gasteiger partial charge in [-0.05, 0) is 20.3 Å². The number of hydrogen-bond acceptors (Lipinski definition) is 14. The third-order valence-corrected chi connectivity index (χ3v) is 10.3. The van der Waals surface area contributed by atoms with Gasteiger partial charge in [0.2, 0.25) is 11.6 Å². The van der Waals surface area contributed by atoms with E-state index in [1.165, 1.54) is 57.8 Å². The van der Waals surface area contributed by atoms with Crippen LogP contribution in [0.1, 0.15) is 111 Å². The standard InChI is InChI=1S/C30H59O14P/c1-4-5-6-7-8-9-10-11-12-13-14-15-16-17-18-40-45(39,43-29(2)27(37)23(35)25(41-29)21(33)19-31)44-30(3)28(38)24(36)26(42-30)22(34)20-32/h21-28,31-38H,4-20H2,1-3H3. The quantitative estimate of drug-likeness (QED) is 0.0542. The Morgan fingerprint density at radius 3 is 1.31 bits per heavy atom. The molecule has 2 aliphatic heterocycles. The SMILES string of the molecule is CCCCCCCCCCCCCCCCOP(=O)(OC1(C)OC(C(O)CO)C(O)C1O)OC1(C)OC(C(O)CO)C(O)C1O. The molecule has 0 aromatic carbocycles. The highest BCUT2D eigenvalue weighted by Crippen LogP contribution is 2.59. The van der Waals surface area contributed by atoms with Crippen LogP contribution >= 0.6 is 7.82 Å². The first kappa shape index (κ1) is 40.9. The van der Waals surface area contributed by atoms with Gasteiger partial charge in [0.1, 0.15) is 48.8 Å². The smallest absolute Gasteiger partial charge is 0.394 e. The fraction of sp³-hybridized carbons (Fsp3) is 1.00. The molecule has 0 spiro atoms. The summed E-state index contributed by atoms with van der Waals surface area (Å²) in [5.74, 6) is -4.54. The summed E-state index contributed by atoms with van der Waals surface area (Å²) in [4.78, 5) is 0. The van der Waals surface area contributed by atoms with Gasteiger partial charge in [-0.2, -0.15) is 0 Å². The number of phosphoric acid groups is 1. The van der Waals surface area contributed by atoms with Crippen molar-refractivity contribution in [2.75, 3.05) is 19.8 Å². The van der Waals surface area contributed by atoms with Gasteiger partial charge in [0.15, 0.2) is 0 Å². The number of aliphatic hydroxyl groups is 8. The summed E-state index contributed by atoms with van der Waals surface area (Å²) in [6, 6.07) is 0. The molecule has 10 atom stereocenters. The average molecular weight is 675 g/mol. The molecular formula is C30H59O14P. The lowest BCUT2D eigenvalue weighted by molar-refractivity contribution is -0.247. The molecule has 268 valence electrons. The van der Waals surface area contributed by atoms with Crippen molar-refractivity contribution >= 4 is 7.82 Å². The lowest BCUT2D eigenvalue weighted by atomic mass is 10.0. The maximum absolute atomic E-state index is 14.0. The fourth-order valence-corrected chi connectivity index (χ4v) is 7.44. The Kier molecular flexibility index (Phi) is 17.8. The molecule has 2 rings (SSSR count). The number of unbranched alkanes of at least 4 members (excludes halogenated alkanes) is 13. The van der Waals surface area contributed by atoms with E-state index in [0.717, 1.165) is 39.5 Å². The van der Waals surface area contributed by atoms with Gasteiger partial charge in [0.25, 0.3) is 0 Å². The van der Waals surface area contributed by atoms with Gasteiger partial charge < -0.3 is 50.3 Å². The second kappa shape index (κ2) is 19.6. The third kappa shape index (κ3) is 12.0. The van der Waals surface area contributed by atoms with Gasteiger partial charge in [-0.25, -0.2) is 4.57 Å². The van der Waals surface area contributed by atoms with Gasteiger partial charge in [-0.3, -0.25) is 13.6 Å². The maximum atomic E-state index is 14.0. The predicted molar refractivity (Wildman–Crippen MR) is 163 cm³/mol. The van der Waals surface area contributed by atoms with E-state index in [1.807, 2.05) is 0 Å². The molecule has 2 heterocycles. The van der Waals surface area contributed by atoms with E-state index in [1.54, 1.807) is 0 Å². The van der Waals surface area contributed by atoms with E-state index in [4.69, 9.17) is 23.0 Å². The lowest BCUT2D eigenvalue weighted by Crippen LogP contribution is -2.45. The largest absolute Gasteiger partial charge is 0.480 e. The van der Waals surface area contributed by atoms with Crippen LogP contribution < -0.4 is 0 Å². The molecule has 0 aromatic rings. The van der Waals surface area contributed by atoms with Crippen molar-refractivity contribution in [3.63, 3.8) is 0 Å². The Hall–Kier alpha value is -0.290. The second-order valence-corrected chi connectivity index (χ2v) is 14.1. The summed E-state index contributed by atoms with van der Waals surface area (Å²) in [5, 5.41) is 80.7. The Morgan fingerprint density at radius 1 is 0.644 bits per heavy atom. The van der Waals surface area contributed by atoms with Crippen LogP contribution in [0, 0.1) is 0 Å². The minimum Gasteiger partial charge on any atom is -0.394 e. The van der Waals surface area contributed by atoms with E-state index in [9.17, 15) is 45.4 Å². The maximum Gasteiger partial charge on any atom is 0.480 e. The third-order valence-electron chi connectivity index (χ3n) is 8.60. The molecule has 0 radical (unpaired) electrons. The highest BCUT2D eigenvalue weighted by Gasteiger charge is 2.61. The summed E-state index contributed by atoms with van der Waals surface area (Å²) in [7, 11) is -4.87. The molecule has 0 amide bonds. The Bertz CT molecular complexity index is 821. The van der Waals surface area contributed by atoms with Crippen molar-refractivity contribution in [1.82, 2.24) is 0 Å². The first-order chi connectivity index (χ1) is 21.3. The molecule has 0 aromatic heterocycles. The molecular weight excluding hydrogens is 615 g/mol. The first-order valence-corrected chi connectivity index (χ1v) is 18.1. The normalized spacial score (nSPS) is 34.6. The van der Waals surface area contributed by atoms with Crippen LogP contribution in [0.4, 0.5) is 0 Å². The number of ether oxygens (including phenoxy) is 2. The second-order valence-electron chi connectivity index (χ2n) is 12.6. The van der Waals surface area contributed by atoms with Gasteiger partial charge >= 0.3 is 7.82 Å². The average Bonchev–Trinajstić information content (AvgIpc) is 3.36. The van der Waals surface area contributed by atoms with Crippen LogP contribution in [0.3, 0.4) is 0 Å². The number of phosphoric ester groups is 1. The zero-order valence-corrected chi connectivity index (χ0v) is 28.0. The summed E-state index contributed by atoms with van der Waals surface area (Å²) in [5.41, 5.74) is 0. The molecule has 2 fully saturated rings. The molecule has 0 bridgehead atoms. The fourth-order valence-electron chi connectivity index (χ4n) is 5.76. The molecule has 14 nitrogen and oxygen atoms in total. The number of rotatable bonds is 24. The van der Waals surface area contributed by atoms with Crippen molar-refractivity contribution in [3.8, 4) is 0 Å². The van der Waals surface area contributed by atoms with E-state index >= 15 is 0 Å². The summed E-state index contributed by atoms with van der Waals surface area (Å²) in [6.45, 7) is 2.72. The van der Waals surface area contributed by atoms with Crippen molar-refractivity contribution < 1.29 is 68.5 Å². The molecule has 2 aliphatic rings. The van der Waals surface area contributed by atoms with E-state index < -0.39 is 81.4 Å². The van der Waals surface area contributed by atoms with E-state index in [-0.39, 0.29) is 6.61 Å². The van der Waals surface area contributed by atoms with Gasteiger partial charge in [0, 0.05) is 0 Å². The van der Waals surface area contributed by atoms with E-state index in [2.05, 4.69) is 6.92 Å². The van der Waals surface area contributed by atoms with E-state index in [0.29, 0.717) is 6.42 Å². The molecule has 0 saturated carbocycles. The number of aliphatic hydroxyl groups excluding tert-OH is 8. The minimum absolute atomic E-state index is 0.135. The van der Waals surface area contributed by atoms with Crippen molar-refractivity contribution in [2.45, 2.75) is 171 Å². The first-order valence-electron chi connectivity index (χ1n) is 16.6. The van der Waals surface area contributed by atoms with Crippen molar-refractivity contribution in [1.29, 1.82) is 0 Å². The van der Waals surface area contributed by atoms with Gasteiger partial charge in [-0.1, -0.05) is 90.4 Å². The number of hydrogen-bond donors (Lipinski definition) is 8. The van der Waals surface area contributed by atoms with Crippen LogP contribution in [0.2, 0.25) is 0 Å².